The lowest BCUT2D eigenvalue weighted by Crippen LogP contribution is -2.61. The Balaban J connectivity index is 1.28. The highest BCUT2D eigenvalue weighted by Crippen LogP contribution is 2.42. The number of fused-ring (bicyclic) bond motifs is 5. The van der Waals surface area contributed by atoms with E-state index in [-0.39, 0.29) is 52.1 Å². The fraction of sp³-hybridized carbons (Fsp3) is 0.441. The number of alkyl halides is 2. The van der Waals surface area contributed by atoms with Gasteiger partial charge in [-0.2, -0.15) is 9.97 Å². The third kappa shape index (κ3) is 4.54. The molecule has 12 heteroatoms. The van der Waals surface area contributed by atoms with Crippen LogP contribution in [-0.4, -0.2) is 87.7 Å². The predicted molar refractivity (Wildman–Crippen MR) is 165 cm³/mol. The van der Waals surface area contributed by atoms with Crippen molar-refractivity contribution < 1.29 is 27.4 Å². The number of phenols is 1. The molecule has 0 amide bonds. The van der Waals surface area contributed by atoms with E-state index in [4.69, 9.17) is 16.1 Å². The molecule has 8 rings (SSSR count). The first-order valence-electron chi connectivity index (χ1n) is 15.6. The Morgan fingerprint density at radius 3 is 2.87 bits per heavy atom. The molecule has 0 saturated carbocycles. The van der Waals surface area contributed by atoms with Crippen molar-refractivity contribution in [3.8, 4) is 35.4 Å². The smallest absolute Gasteiger partial charge is 0.319 e. The van der Waals surface area contributed by atoms with Crippen molar-refractivity contribution in [1.82, 2.24) is 25.2 Å². The van der Waals surface area contributed by atoms with Crippen molar-refractivity contribution in [1.29, 1.82) is 0 Å². The average molecular weight is 633 g/mol. The number of aromatic nitrogens is 3. The number of terminal acetylenes is 1. The topological polar surface area (TPSA) is 86.6 Å². The van der Waals surface area contributed by atoms with Gasteiger partial charge in [0.25, 0.3) is 0 Å². The Labute approximate surface area is 262 Å². The maximum atomic E-state index is 16.8. The zero-order valence-corrected chi connectivity index (χ0v) is 25.0. The lowest BCUT2D eigenvalue weighted by Gasteiger charge is -2.40. The van der Waals surface area contributed by atoms with Crippen LogP contribution in [0.5, 0.6) is 11.8 Å². The predicted octanol–water partition coefficient (Wildman–Crippen LogP) is 5.05. The van der Waals surface area contributed by atoms with Crippen molar-refractivity contribution >= 4 is 27.5 Å². The number of piperazine rings is 1. The molecule has 0 aliphatic carbocycles. The highest BCUT2D eigenvalue weighted by Gasteiger charge is 2.50. The number of hydrogen-bond acceptors (Lipinski definition) is 8. The van der Waals surface area contributed by atoms with Crippen molar-refractivity contribution in [2.45, 2.75) is 55.4 Å². The van der Waals surface area contributed by atoms with Gasteiger partial charge in [0, 0.05) is 49.2 Å². The molecule has 4 aliphatic heterocycles. The lowest BCUT2D eigenvalue weighted by molar-refractivity contribution is 0.107. The van der Waals surface area contributed by atoms with Gasteiger partial charge in [0.2, 0.25) is 0 Å². The van der Waals surface area contributed by atoms with Crippen LogP contribution in [0.2, 0.25) is 0 Å². The molecule has 46 heavy (non-hydrogen) atoms. The van der Waals surface area contributed by atoms with Crippen molar-refractivity contribution in [2.75, 3.05) is 44.4 Å². The van der Waals surface area contributed by atoms with Gasteiger partial charge in [0.05, 0.1) is 22.0 Å². The number of pyridine rings is 1. The van der Waals surface area contributed by atoms with Gasteiger partial charge in [-0.05, 0) is 55.8 Å². The van der Waals surface area contributed by atoms with Crippen molar-refractivity contribution in [3.63, 3.8) is 0 Å². The van der Waals surface area contributed by atoms with Crippen LogP contribution >= 0.6 is 0 Å². The monoisotopic (exact) mass is 632 g/mol. The lowest BCUT2D eigenvalue weighted by atomic mass is 9.95. The Kier molecular flexibility index (Phi) is 6.78. The summed E-state index contributed by atoms with van der Waals surface area (Å²) in [5, 5.41) is 14.8. The molecule has 2 unspecified atom stereocenters. The summed E-state index contributed by atoms with van der Waals surface area (Å²) in [5.74, 6) is 1.02. The summed E-state index contributed by atoms with van der Waals surface area (Å²) in [7, 11) is 0. The van der Waals surface area contributed by atoms with E-state index in [1.165, 1.54) is 30.5 Å². The first-order chi connectivity index (χ1) is 22.2. The molecule has 2 aromatic carbocycles. The first-order valence-corrected chi connectivity index (χ1v) is 15.6. The van der Waals surface area contributed by atoms with Crippen LogP contribution in [0, 0.1) is 24.0 Å². The van der Waals surface area contributed by atoms with Crippen molar-refractivity contribution in [2.24, 2.45) is 0 Å². The summed E-state index contributed by atoms with van der Waals surface area (Å²) in [6, 6.07) is 5.30. The van der Waals surface area contributed by atoms with Crippen LogP contribution < -0.4 is 15.0 Å². The second-order valence-electron chi connectivity index (χ2n) is 13.2. The molecule has 0 spiro atoms. The number of phenolic OH excluding ortho intramolecular Hbond substituents is 1. The van der Waals surface area contributed by atoms with Gasteiger partial charge >= 0.3 is 6.01 Å². The number of anilines is 1. The minimum absolute atomic E-state index is 0.0256. The van der Waals surface area contributed by atoms with E-state index in [9.17, 15) is 18.3 Å². The molecular weight excluding hydrogens is 600 g/mol. The van der Waals surface area contributed by atoms with Crippen LogP contribution in [0.4, 0.5) is 23.4 Å². The van der Waals surface area contributed by atoms with Crippen LogP contribution in [-0.2, 0) is 0 Å². The number of nitrogens with zero attached hydrogens (tertiary/aromatic N) is 5. The number of nitrogens with one attached hydrogen (secondary N) is 1. The molecule has 2 bridgehead atoms. The largest absolute Gasteiger partial charge is 0.508 e. The third-order valence-electron chi connectivity index (χ3n) is 10.3. The van der Waals surface area contributed by atoms with Gasteiger partial charge in [0.15, 0.2) is 5.82 Å². The van der Waals surface area contributed by atoms with Gasteiger partial charge in [-0.25, -0.2) is 17.6 Å². The van der Waals surface area contributed by atoms with Gasteiger partial charge in [-0.3, -0.25) is 9.88 Å². The zero-order valence-electron chi connectivity index (χ0n) is 25.0. The molecular formula is C34H32F4N6O2. The summed E-state index contributed by atoms with van der Waals surface area (Å²) in [6.45, 7) is 1.52. The van der Waals surface area contributed by atoms with E-state index in [0.29, 0.717) is 49.1 Å². The van der Waals surface area contributed by atoms with Gasteiger partial charge in [-0.1, -0.05) is 12.0 Å². The fourth-order valence-corrected chi connectivity index (χ4v) is 8.21. The van der Waals surface area contributed by atoms with Gasteiger partial charge < -0.3 is 20.1 Å². The summed E-state index contributed by atoms with van der Waals surface area (Å²) < 4.78 is 66.6. The summed E-state index contributed by atoms with van der Waals surface area (Å²) in [5.41, 5.74) is -1.51. The number of benzene rings is 2. The van der Waals surface area contributed by atoms with Crippen LogP contribution in [0.25, 0.3) is 32.9 Å². The molecule has 0 radical (unpaired) electrons. The van der Waals surface area contributed by atoms with E-state index in [0.717, 1.165) is 25.8 Å². The number of aromatic hydroxyl groups is 1. The van der Waals surface area contributed by atoms with Gasteiger partial charge in [0.1, 0.15) is 48.0 Å². The Hall–Kier alpha value is -4.21. The average Bonchev–Trinajstić information content (AvgIpc) is 3.68. The normalized spacial score (nSPS) is 27.4. The van der Waals surface area contributed by atoms with Crippen LogP contribution in [0.15, 0.2) is 30.5 Å². The second-order valence-corrected chi connectivity index (χ2v) is 13.2. The fourth-order valence-electron chi connectivity index (χ4n) is 8.21. The van der Waals surface area contributed by atoms with E-state index in [1.54, 1.807) is 0 Å². The molecule has 4 fully saturated rings. The Morgan fingerprint density at radius 1 is 1.17 bits per heavy atom. The van der Waals surface area contributed by atoms with E-state index in [2.05, 4.69) is 26.1 Å². The maximum absolute atomic E-state index is 16.8. The molecule has 4 saturated heterocycles. The molecule has 238 valence electrons. The van der Waals surface area contributed by atoms with Crippen molar-refractivity contribution in [3.05, 3.63) is 47.7 Å². The SMILES string of the molecule is C#Cc1c(F)ccc2cc(O)cc(-c3ncc4c(N5CC6CCC(CF)(C5)N6)nc(OC[C@@]56CCCN5C[C@H](F)C6)nc4c3F)c12. The highest BCUT2D eigenvalue weighted by molar-refractivity contribution is 6.03. The Bertz CT molecular complexity index is 1940. The molecule has 4 aromatic rings. The first kappa shape index (κ1) is 29.2. The quantitative estimate of drug-likeness (QED) is 0.226. The number of halogens is 4. The minimum Gasteiger partial charge on any atom is -0.508 e. The second kappa shape index (κ2) is 10.7. The Morgan fingerprint density at radius 2 is 2.04 bits per heavy atom. The van der Waals surface area contributed by atoms with E-state index < -0.39 is 35.6 Å². The standard InChI is InChI=1S/C34H32F4N6O2/c1-2-23-26(37)5-4-19-10-22(45)11-24(27(19)23)29-28(38)30-25(13-39-29)31(43-15-21-6-8-33(16-35,17-43)42-21)41-32(40-30)46-18-34-7-3-9-44(34)14-20(36)12-34/h1,4-5,10-11,13,20-21,42,45H,3,6-9,12,14-18H2/t20-,21?,33?,34+/m1/s1. The molecule has 4 atom stereocenters. The molecule has 6 heterocycles. The number of hydrogen-bond donors (Lipinski definition) is 2. The summed E-state index contributed by atoms with van der Waals surface area (Å²) in [6.07, 6.45) is 9.64. The molecule has 2 N–H and O–H groups in total. The maximum Gasteiger partial charge on any atom is 0.319 e. The van der Waals surface area contributed by atoms with Gasteiger partial charge in [-0.15, -0.1) is 6.42 Å². The van der Waals surface area contributed by atoms with Crippen LogP contribution in [0.3, 0.4) is 0 Å². The molecule has 4 aliphatic rings. The minimum atomic E-state index is -0.953. The zero-order chi connectivity index (χ0) is 31.8. The highest BCUT2D eigenvalue weighted by atomic mass is 19.1. The van der Waals surface area contributed by atoms with E-state index in [1.807, 2.05) is 4.90 Å². The van der Waals surface area contributed by atoms with E-state index >= 15 is 4.39 Å². The number of rotatable bonds is 6. The third-order valence-corrected chi connectivity index (χ3v) is 10.3. The number of ether oxygens (including phenoxy) is 1. The summed E-state index contributed by atoms with van der Waals surface area (Å²) >= 11 is 0. The van der Waals surface area contributed by atoms with Crippen LogP contribution in [0.1, 0.15) is 37.7 Å². The summed E-state index contributed by atoms with van der Waals surface area (Å²) in [4.78, 5) is 17.7. The molecule has 8 nitrogen and oxygen atoms in total. The molecule has 2 aromatic heterocycles.